The predicted molar refractivity (Wildman–Crippen MR) is 99.4 cm³/mol. The van der Waals surface area contributed by atoms with Crippen molar-refractivity contribution in [2.45, 2.75) is 39.7 Å². The molecule has 1 fully saturated rings. The molecule has 140 valence electrons. The molecule has 1 aliphatic heterocycles. The number of hydrogen-bond acceptors (Lipinski definition) is 3. The minimum atomic E-state index is -3.39. The highest BCUT2D eigenvalue weighted by Gasteiger charge is 2.32. The van der Waals surface area contributed by atoms with Gasteiger partial charge in [0.05, 0.1) is 6.04 Å². The fourth-order valence-electron chi connectivity index (χ4n) is 3.30. The summed E-state index contributed by atoms with van der Waals surface area (Å²) in [5, 5.41) is 3.09. The predicted octanol–water partition coefficient (Wildman–Crippen LogP) is 2.00. The van der Waals surface area contributed by atoms with Crippen LogP contribution in [0.15, 0.2) is 18.2 Å². The van der Waals surface area contributed by atoms with Gasteiger partial charge in [0.2, 0.25) is 5.91 Å². The third-order valence-corrected chi connectivity index (χ3v) is 6.80. The minimum Gasteiger partial charge on any atom is -0.349 e. The van der Waals surface area contributed by atoms with Gasteiger partial charge in [0.25, 0.3) is 10.2 Å². The van der Waals surface area contributed by atoms with Crippen LogP contribution >= 0.6 is 0 Å². The van der Waals surface area contributed by atoms with E-state index in [1.165, 1.54) is 33.8 Å². The van der Waals surface area contributed by atoms with Crippen LogP contribution in [0.3, 0.4) is 0 Å². The third-order valence-electron chi connectivity index (χ3n) is 4.86. The van der Waals surface area contributed by atoms with Gasteiger partial charge in [-0.15, -0.1) is 0 Å². The van der Waals surface area contributed by atoms with Crippen molar-refractivity contribution in [1.82, 2.24) is 13.9 Å². The fourth-order valence-corrected chi connectivity index (χ4v) is 4.43. The van der Waals surface area contributed by atoms with Crippen molar-refractivity contribution in [3.63, 3.8) is 0 Å². The van der Waals surface area contributed by atoms with Gasteiger partial charge in [0, 0.05) is 33.1 Å². The van der Waals surface area contributed by atoms with Gasteiger partial charge >= 0.3 is 0 Å². The summed E-state index contributed by atoms with van der Waals surface area (Å²) in [5.74, 6) is -0.129. The molecule has 1 atom stereocenters. The Morgan fingerprint density at radius 1 is 1.24 bits per heavy atom. The second-order valence-electron chi connectivity index (χ2n) is 7.05. The van der Waals surface area contributed by atoms with Crippen molar-refractivity contribution < 1.29 is 13.2 Å². The summed E-state index contributed by atoms with van der Waals surface area (Å²) >= 11 is 0. The zero-order valence-electron chi connectivity index (χ0n) is 15.7. The summed E-state index contributed by atoms with van der Waals surface area (Å²) in [6.07, 6.45) is 1.11. The first kappa shape index (κ1) is 19.9. The maximum absolute atomic E-state index is 12.6. The molecule has 0 spiro atoms. The number of rotatable bonds is 5. The standard InChI is InChI=1S/C18H29N3O3S/c1-13-6-7-17(14(2)12-13)15(3)19-18(22)16-8-10-21(11-9-16)25(23,24)20(4)5/h6-7,12,15-16H,8-11H2,1-5H3,(H,19,22)/t15-/m0/s1. The van der Waals surface area contributed by atoms with Crippen molar-refractivity contribution in [3.8, 4) is 0 Å². The second kappa shape index (κ2) is 7.85. The Morgan fingerprint density at radius 3 is 2.36 bits per heavy atom. The number of hydrogen-bond donors (Lipinski definition) is 1. The van der Waals surface area contributed by atoms with E-state index in [9.17, 15) is 13.2 Å². The molecule has 7 heteroatoms. The number of carbonyl (C=O) groups is 1. The number of nitrogens with zero attached hydrogens (tertiary/aromatic N) is 2. The molecular weight excluding hydrogens is 338 g/mol. The summed E-state index contributed by atoms with van der Waals surface area (Å²) in [7, 11) is -0.335. The zero-order chi connectivity index (χ0) is 18.8. The Morgan fingerprint density at radius 2 is 1.84 bits per heavy atom. The van der Waals surface area contributed by atoms with Crippen molar-refractivity contribution in [3.05, 3.63) is 34.9 Å². The SMILES string of the molecule is Cc1ccc([C@H](C)NC(=O)C2CCN(S(=O)(=O)N(C)C)CC2)c(C)c1. The molecule has 0 saturated carbocycles. The smallest absolute Gasteiger partial charge is 0.281 e. The number of benzene rings is 1. The second-order valence-corrected chi connectivity index (χ2v) is 9.20. The van der Waals surface area contributed by atoms with Crippen LogP contribution < -0.4 is 5.32 Å². The summed E-state index contributed by atoms with van der Waals surface area (Å²) < 4.78 is 26.9. The quantitative estimate of drug-likeness (QED) is 0.865. The highest BCUT2D eigenvalue weighted by molar-refractivity contribution is 7.86. The van der Waals surface area contributed by atoms with Gasteiger partial charge in [-0.05, 0) is 44.7 Å². The Balaban J connectivity index is 1.94. The molecular formula is C18H29N3O3S. The fraction of sp³-hybridized carbons (Fsp3) is 0.611. The molecule has 0 radical (unpaired) electrons. The molecule has 1 N–H and O–H groups in total. The topological polar surface area (TPSA) is 69.7 Å². The van der Waals surface area contributed by atoms with Crippen LogP contribution in [0, 0.1) is 19.8 Å². The van der Waals surface area contributed by atoms with Crippen molar-refractivity contribution in [2.24, 2.45) is 5.92 Å². The maximum atomic E-state index is 12.6. The molecule has 2 rings (SSSR count). The third kappa shape index (κ3) is 4.59. The lowest BCUT2D eigenvalue weighted by atomic mass is 9.95. The Kier molecular flexibility index (Phi) is 6.24. The van der Waals surface area contributed by atoms with Crippen molar-refractivity contribution >= 4 is 16.1 Å². The molecule has 1 aromatic rings. The van der Waals surface area contributed by atoms with Crippen LogP contribution in [0.1, 0.15) is 42.5 Å². The Bertz CT molecular complexity index is 723. The summed E-state index contributed by atoms with van der Waals surface area (Å²) in [5.41, 5.74) is 3.49. The monoisotopic (exact) mass is 367 g/mol. The molecule has 1 heterocycles. The van der Waals surface area contributed by atoms with Crippen molar-refractivity contribution in [2.75, 3.05) is 27.2 Å². The maximum Gasteiger partial charge on any atom is 0.281 e. The van der Waals surface area contributed by atoms with Crippen LogP contribution in [0.4, 0.5) is 0 Å². The van der Waals surface area contributed by atoms with Crippen molar-refractivity contribution in [1.29, 1.82) is 0 Å². The van der Waals surface area contributed by atoms with Crippen LogP contribution in [0.2, 0.25) is 0 Å². The average Bonchev–Trinajstić information content (AvgIpc) is 2.54. The molecule has 25 heavy (non-hydrogen) atoms. The first-order valence-electron chi connectivity index (χ1n) is 8.68. The molecule has 1 amide bonds. The number of carbonyl (C=O) groups excluding carboxylic acids is 1. The molecule has 0 aliphatic carbocycles. The lowest BCUT2D eigenvalue weighted by Crippen LogP contribution is -2.47. The lowest BCUT2D eigenvalue weighted by Gasteiger charge is -2.32. The van der Waals surface area contributed by atoms with E-state index in [-0.39, 0.29) is 17.9 Å². The van der Waals surface area contributed by atoms with Gasteiger partial charge in [-0.25, -0.2) is 0 Å². The van der Waals surface area contributed by atoms with Gasteiger partial charge in [-0.3, -0.25) is 4.79 Å². The summed E-state index contributed by atoms with van der Waals surface area (Å²) in [4.78, 5) is 12.6. The van der Waals surface area contributed by atoms with E-state index in [0.29, 0.717) is 25.9 Å². The van der Waals surface area contributed by atoms with Crippen LogP contribution in [-0.4, -0.2) is 50.1 Å². The molecule has 1 aliphatic rings. The minimum absolute atomic E-state index is 0.00868. The van der Waals surface area contributed by atoms with Gasteiger partial charge < -0.3 is 5.32 Å². The average molecular weight is 368 g/mol. The number of amides is 1. The van der Waals surface area contributed by atoms with Gasteiger partial charge in [0.15, 0.2) is 0 Å². The van der Waals surface area contributed by atoms with E-state index in [4.69, 9.17) is 0 Å². The number of aryl methyl sites for hydroxylation is 2. The largest absolute Gasteiger partial charge is 0.349 e. The first-order chi connectivity index (χ1) is 11.6. The van der Waals surface area contributed by atoms with E-state index < -0.39 is 10.2 Å². The number of piperidine rings is 1. The van der Waals surface area contributed by atoms with Crippen LogP contribution in [-0.2, 0) is 15.0 Å². The molecule has 0 unspecified atom stereocenters. The molecule has 1 saturated heterocycles. The highest BCUT2D eigenvalue weighted by atomic mass is 32.2. The number of nitrogens with one attached hydrogen (secondary N) is 1. The van der Waals surface area contributed by atoms with E-state index >= 15 is 0 Å². The van der Waals surface area contributed by atoms with E-state index in [1.54, 1.807) is 0 Å². The summed E-state index contributed by atoms with van der Waals surface area (Å²) in [6, 6.07) is 6.16. The van der Waals surface area contributed by atoms with E-state index in [0.717, 1.165) is 5.56 Å². The summed E-state index contributed by atoms with van der Waals surface area (Å²) in [6.45, 7) is 6.86. The highest BCUT2D eigenvalue weighted by Crippen LogP contribution is 2.23. The van der Waals surface area contributed by atoms with Gasteiger partial charge in [-0.1, -0.05) is 23.8 Å². The Labute approximate surface area is 151 Å². The lowest BCUT2D eigenvalue weighted by molar-refractivity contribution is -0.126. The normalized spacial score (nSPS) is 18.3. The van der Waals surface area contributed by atoms with E-state index in [1.807, 2.05) is 6.92 Å². The van der Waals surface area contributed by atoms with Gasteiger partial charge in [0.1, 0.15) is 0 Å². The van der Waals surface area contributed by atoms with Crippen LogP contribution in [0.5, 0.6) is 0 Å². The van der Waals surface area contributed by atoms with Gasteiger partial charge in [-0.2, -0.15) is 17.0 Å². The first-order valence-corrected chi connectivity index (χ1v) is 10.1. The molecule has 1 aromatic carbocycles. The van der Waals surface area contributed by atoms with E-state index in [2.05, 4.69) is 37.4 Å². The molecule has 0 aromatic heterocycles. The molecule has 6 nitrogen and oxygen atoms in total. The Hall–Kier alpha value is -1.44. The van der Waals surface area contributed by atoms with Crippen LogP contribution in [0.25, 0.3) is 0 Å². The molecule has 0 bridgehead atoms. The zero-order valence-corrected chi connectivity index (χ0v) is 16.6.